The average Bonchev–Trinajstić information content (AvgIpc) is 2.65. The Balaban J connectivity index is 2.22. The highest BCUT2D eigenvalue weighted by Gasteiger charge is 2.38. The summed E-state index contributed by atoms with van der Waals surface area (Å²) in [6.45, 7) is 1.90. The maximum absolute atomic E-state index is 12.8. The van der Waals surface area contributed by atoms with Crippen LogP contribution in [0.3, 0.4) is 0 Å². The maximum atomic E-state index is 12.8. The molecule has 0 aromatic heterocycles. The zero-order valence-electron chi connectivity index (χ0n) is 11.0. The fourth-order valence-corrected chi connectivity index (χ4v) is 2.39. The smallest absolute Gasteiger partial charge is 0.373 e. The van der Waals surface area contributed by atoms with E-state index in [9.17, 15) is 22.8 Å². The molecule has 0 aliphatic carbocycles. The third-order valence-corrected chi connectivity index (χ3v) is 3.50. The number of amides is 2. The SMILES string of the molecule is CCN1C(=O)CC(Nc2ccc(Cl)c(C(F)(F)F)c2)C1=O. The number of nitrogens with one attached hydrogen (secondary N) is 1. The molecule has 21 heavy (non-hydrogen) atoms. The first-order valence-corrected chi connectivity index (χ1v) is 6.59. The standard InChI is InChI=1S/C13H12ClF3N2O2/c1-2-19-11(20)6-10(12(19)21)18-7-3-4-9(14)8(5-7)13(15,16)17/h3-5,10,18H,2,6H2,1H3. The summed E-state index contributed by atoms with van der Waals surface area (Å²) in [5, 5.41) is 2.23. The van der Waals surface area contributed by atoms with Gasteiger partial charge in [-0.3, -0.25) is 14.5 Å². The van der Waals surface area contributed by atoms with Crippen LogP contribution in [-0.4, -0.2) is 29.3 Å². The Hall–Kier alpha value is -1.76. The molecule has 8 heteroatoms. The van der Waals surface area contributed by atoms with E-state index in [1.54, 1.807) is 6.92 Å². The zero-order valence-corrected chi connectivity index (χ0v) is 11.8. The number of rotatable bonds is 3. The molecule has 0 bridgehead atoms. The van der Waals surface area contributed by atoms with Crippen molar-refractivity contribution in [2.75, 3.05) is 11.9 Å². The minimum atomic E-state index is -4.58. The Kier molecular flexibility index (Phi) is 4.13. The van der Waals surface area contributed by atoms with E-state index in [1.807, 2.05) is 0 Å². The number of halogens is 4. The van der Waals surface area contributed by atoms with E-state index in [-0.39, 0.29) is 24.6 Å². The van der Waals surface area contributed by atoms with Crippen molar-refractivity contribution < 1.29 is 22.8 Å². The molecule has 0 radical (unpaired) electrons. The fourth-order valence-electron chi connectivity index (χ4n) is 2.16. The monoisotopic (exact) mass is 320 g/mol. The average molecular weight is 321 g/mol. The molecular formula is C13H12ClF3N2O2. The third kappa shape index (κ3) is 3.12. The largest absolute Gasteiger partial charge is 0.417 e. The summed E-state index contributed by atoms with van der Waals surface area (Å²) in [6.07, 6.45) is -4.66. The van der Waals surface area contributed by atoms with Crippen molar-refractivity contribution in [3.05, 3.63) is 28.8 Å². The lowest BCUT2D eigenvalue weighted by Crippen LogP contribution is -2.34. The number of likely N-dealkylation sites (tertiary alicyclic amines) is 1. The van der Waals surface area contributed by atoms with Gasteiger partial charge in [-0.1, -0.05) is 11.6 Å². The summed E-state index contributed by atoms with van der Waals surface area (Å²) >= 11 is 5.52. The van der Waals surface area contributed by atoms with E-state index in [0.29, 0.717) is 0 Å². The van der Waals surface area contributed by atoms with Crippen molar-refractivity contribution in [1.82, 2.24) is 4.90 Å². The highest BCUT2D eigenvalue weighted by atomic mass is 35.5. The van der Waals surface area contributed by atoms with Gasteiger partial charge in [-0.15, -0.1) is 0 Å². The number of likely N-dealkylation sites (N-methyl/N-ethyl adjacent to an activating group) is 1. The number of carbonyl (C=O) groups is 2. The van der Waals surface area contributed by atoms with Crippen LogP contribution in [0.5, 0.6) is 0 Å². The minimum Gasteiger partial charge on any atom is -0.373 e. The Morgan fingerprint density at radius 2 is 2.05 bits per heavy atom. The quantitative estimate of drug-likeness (QED) is 0.871. The second kappa shape index (κ2) is 5.55. The van der Waals surface area contributed by atoms with Crippen LogP contribution < -0.4 is 5.32 Å². The Bertz CT molecular complexity index is 589. The summed E-state index contributed by atoms with van der Waals surface area (Å²) in [6, 6.07) is 2.42. The second-order valence-corrected chi connectivity index (χ2v) is 4.98. The normalized spacial score (nSPS) is 19.3. The van der Waals surface area contributed by atoms with Gasteiger partial charge in [0.05, 0.1) is 17.0 Å². The molecule has 1 fully saturated rings. The van der Waals surface area contributed by atoms with Crippen LogP contribution in [-0.2, 0) is 15.8 Å². The molecule has 1 aromatic carbocycles. The summed E-state index contributed by atoms with van der Waals surface area (Å²) in [5.74, 6) is -0.781. The predicted molar refractivity (Wildman–Crippen MR) is 70.9 cm³/mol. The number of alkyl halides is 3. The fraction of sp³-hybridized carbons (Fsp3) is 0.385. The predicted octanol–water partition coefficient (Wildman–Crippen LogP) is 2.92. The summed E-state index contributed by atoms with van der Waals surface area (Å²) in [5.41, 5.74) is -0.894. The Morgan fingerprint density at radius 3 is 2.57 bits per heavy atom. The van der Waals surface area contributed by atoms with Gasteiger partial charge in [0.1, 0.15) is 6.04 Å². The van der Waals surface area contributed by atoms with Crippen LogP contribution in [0.1, 0.15) is 18.9 Å². The van der Waals surface area contributed by atoms with Crippen LogP contribution in [0.25, 0.3) is 0 Å². The molecule has 1 N–H and O–H groups in total. The highest BCUT2D eigenvalue weighted by Crippen LogP contribution is 2.36. The molecule has 2 rings (SSSR count). The van der Waals surface area contributed by atoms with Gasteiger partial charge in [0, 0.05) is 12.2 Å². The van der Waals surface area contributed by atoms with E-state index in [2.05, 4.69) is 5.32 Å². The lowest BCUT2D eigenvalue weighted by atomic mass is 10.1. The van der Waals surface area contributed by atoms with Crippen molar-refractivity contribution in [1.29, 1.82) is 0 Å². The van der Waals surface area contributed by atoms with E-state index in [0.717, 1.165) is 17.0 Å². The number of benzene rings is 1. The highest BCUT2D eigenvalue weighted by molar-refractivity contribution is 6.31. The maximum Gasteiger partial charge on any atom is 0.417 e. The molecule has 0 spiro atoms. The Labute approximate surface area is 123 Å². The first-order valence-electron chi connectivity index (χ1n) is 6.21. The number of carbonyl (C=O) groups excluding carboxylic acids is 2. The van der Waals surface area contributed by atoms with Gasteiger partial charge in [-0.05, 0) is 25.1 Å². The molecular weight excluding hydrogens is 309 g/mol. The molecule has 1 atom stereocenters. The van der Waals surface area contributed by atoms with E-state index >= 15 is 0 Å². The second-order valence-electron chi connectivity index (χ2n) is 4.57. The summed E-state index contributed by atoms with van der Waals surface area (Å²) < 4.78 is 38.3. The molecule has 4 nitrogen and oxygen atoms in total. The third-order valence-electron chi connectivity index (χ3n) is 3.17. The van der Waals surface area contributed by atoms with E-state index < -0.39 is 28.7 Å². The van der Waals surface area contributed by atoms with Gasteiger partial charge in [0.2, 0.25) is 5.91 Å². The van der Waals surface area contributed by atoms with Crippen molar-refractivity contribution in [3.63, 3.8) is 0 Å². The van der Waals surface area contributed by atoms with Gasteiger partial charge < -0.3 is 5.32 Å². The molecule has 0 saturated carbocycles. The summed E-state index contributed by atoms with van der Waals surface area (Å²) in [7, 11) is 0. The van der Waals surface area contributed by atoms with Gasteiger partial charge in [-0.25, -0.2) is 0 Å². The molecule has 1 unspecified atom stereocenters. The number of imide groups is 1. The van der Waals surface area contributed by atoms with Crippen LogP contribution in [0.2, 0.25) is 5.02 Å². The van der Waals surface area contributed by atoms with Gasteiger partial charge >= 0.3 is 6.18 Å². The zero-order chi connectivity index (χ0) is 15.8. The molecule has 1 aliphatic rings. The number of hydrogen-bond acceptors (Lipinski definition) is 3. The Morgan fingerprint density at radius 1 is 1.38 bits per heavy atom. The van der Waals surface area contributed by atoms with Crippen LogP contribution in [0.4, 0.5) is 18.9 Å². The van der Waals surface area contributed by atoms with E-state index in [4.69, 9.17) is 11.6 Å². The molecule has 1 heterocycles. The topological polar surface area (TPSA) is 49.4 Å². The van der Waals surface area contributed by atoms with Crippen LogP contribution >= 0.6 is 11.6 Å². The van der Waals surface area contributed by atoms with Crippen LogP contribution in [0, 0.1) is 0 Å². The molecule has 1 saturated heterocycles. The number of hydrogen-bond donors (Lipinski definition) is 1. The molecule has 2 amide bonds. The van der Waals surface area contributed by atoms with Crippen molar-refractivity contribution in [3.8, 4) is 0 Å². The first-order chi connectivity index (χ1) is 9.74. The van der Waals surface area contributed by atoms with Crippen LogP contribution in [0.15, 0.2) is 18.2 Å². The number of nitrogens with zero attached hydrogens (tertiary/aromatic N) is 1. The van der Waals surface area contributed by atoms with Crippen molar-refractivity contribution >= 4 is 29.1 Å². The lowest BCUT2D eigenvalue weighted by Gasteiger charge is -2.16. The molecule has 114 valence electrons. The van der Waals surface area contributed by atoms with Gasteiger partial charge in [0.15, 0.2) is 0 Å². The lowest BCUT2D eigenvalue weighted by molar-refractivity contribution is -0.138. The first kappa shape index (κ1) is 15.6. The van der Waals surface area contributed by atoms with E-state index in [1.165, 1.54) is 6.07 Å². The van der Waals surface area contributed by atoms with Crippen molar-refractivity contribution in [2.24, 2.45) is 0 Å². The molecule has 1 aliphatic heterocycles. The van der Waals surface area contributed by atoms with Gasteiger partial charge in [-0.2, -0.15) is 13.2 Å². The number of anilines is 1. The van der Waals surface area contributed by atoms with Crippen molar-refractivity contribution in [2.45, 2.75) is 25.6 Å². The summed E-state index contributed by atoms with van der Waals surface area (Å²) in [4.78, 5) is 24.5. The van der Waals surface area contributed by atoms with Gasteiger partial charge in [0.25, 0.3) is 5.91 Å². The molecule has 1 aromatic rings. The minimum absolute atomic E-state index is 0.0728.